The Kier molecular flexibility index (Phi) is 4.12. The number of hydrogen-bond acceptors (Lipinski definition) is 6. The van der Waals surface area contributed by atoms with Crippen LogP contribution in [0.2, 0.25) is 0 Å². The molecule has 0 aliphatic carbocycles. The summed E-state index contributed by atoms with van der Waals surface area (Å²) in [6.07, 6.45) is 1.32. The Morgan fingerprint density at radius 3 is 2.86 bits per heavy atom. The molecule has 2 rings (SSSR count). The smallest absolute Gasteiger partial charge is 0.285 e. The maximum atomic E-state index is 12.5. The molecule has 0 atom stereocenters. The first kappa shape index (κ1) is 14.4. The van der Waals surface area contributed by atoms with Gasteiger partial charge in [0, 0.05) is 13.1 Å². The van der Waals surface area contributed by atoms with Crippen LogP contribution < -0.4 is 4.74 Å². The van der Waals surface area contributed by atoms with Crippen molar-refractivity contribution in [2.45, 2.75) is 6.54 Å². The number of rotatable bonds is 5. The molecule has 1 amide bonds. The summed E-state index contributed by atoms with van der Waals surface area (Å²) < 4.78 is 5.05. The summed E-state index contributed by atoms with van der Waals surface area (Å²) >= 11 is 0. The molecular formula is C12H13N5O4. The zero-order valence-corrected chi connectivity index (χ0v) is 11.4. The van der Waals surface area contributed by atoms with Gasteiger partial charge in [0.05, 0.1) is 18.6 Å². The van der Waals surface area contributed by atoms with Crippen LogP contribution in [0.1, 0.15) is 16.2 Å². The number of methoxy groups -OCH3 is 1. The van der Waals surface area contributed by atoms with Crippen LogP contribution in [0.25, 0.3) is 0 Å². The van der Waals surface area contributed by atoms with Gasteiger partial charge in [0.2, 0.25) is 0 Å². The highest BCUT2D eigenvalue weighted by Gasteiger charge is 2.27. The van der Waals surface area contributed by atoms with Gasteiger partial charge in [-0.25, -0.2) is 4.98 Å². The zero-order valence-electron chi connectivity index (χ0n) is 11.4. The second-order valence-corrected chi connectivity index (χ2v) is 4.20. The number of aromatic nitrogens is 3. The Labute approximate surface area is 119 Å². The van der Waals surface area contributed by atoms with Crippen molar-refractivity contribution in [1.29, 1.82) is 0 Å². The van der Waals surface area contributed by atoms with Crippen molar-refractivity contribution >= 4 is 11.6 Å². The zero-order chi connectivity index (χ0) is 15.4. The van der Waals surface area contributed by atoms with Crippen LogP contribution in [0.4, 0.5) is 5.69 Å². The Hall–Kier alpha value is -2.97. The molecule has 0 aliphatic rings. The Bertz CT molecular complexity index is 656. The minimum atomic E-state index is -0.613. The number of H-pyrrole nitrogens is 1. The molecule has 0 aliphatic heterocycles. The van der Waals surface area contributed by atoms with Crippen LogP contribution in [0.15, 0.2) is 24.5 Å². The van der Waals surface area contributed by atoms with Crippen molar-refractivity contribution in [2.24, 2.45) is 0 Å². The molecule has 0 saturated heterocycles. The number of ether oxygens (including phenoxy) is 1. The number of hydrogen-bond donors (Lipinski definition) is 1. The largest absolute Gasteiger partial charge is 0.496 e. The SMILES string of the molecule is COc1cccc([N+](=O)[O-])c1C(=O)N(C)Cc1ncn[nH]1. The van der Waals surface area contributed by atoms with Crippen LogP contribution in [-0.2, 0) is 6.54 Å². The fraction of sp³-hybridized carbons (Fsp3) is 0.250. The second-order valence-electron chi connectivity index (χ2n) is 4.20. The topological polar surface area (TPSA) is 114 Å². The van der Waals surface area contributed by atoms with E-state index in [2.05, 4.69) is 15.2 Å². The molecule has 0 spiro atoms. The van der Waals surface area contributed by atoms with Crippen molar-refractivity contribution in [1.82, 2.24) is 20.1 Å². The third-order valence-corrected chi connectivity index (χ3v) is 2.83. The fourth-order valence-corrected chi connectivity index (χ4v) is 1.85. The molecule has 21 heavy (non-hydrogen) atoms. The number of nitro groups is 1. The monoisotopic (exact) mass is 291 g/mol. The molecule has 0 bridgehead atoms. The van der Waals surface area contributed by atoms with E-state index in [9.17, 15) is 14.9 Å². The Morgan fingerprint density at radius 2 is 2.29 bits per heavy atom. The molecule has 1 aromatic heterocycles. The van der Waals surface area contributed by atoms with Crippen molar-refractivity contribution in [3.05, 3.63) is 46.0 Å². The van der Waals surface area contributed by atoms with Gasteiger partial charge in [0.15, 0.2) is 5.56 Å². The third kappa shape index (κ3) is 2.96. The molecule has 0 fully saturated rings. The van der Waals surface area contributed by atoms with Crippen LogP contribution in [0.5, 0.6) is 5.75 Å². The fourth-order valence-electron chi connectivity index (χ4n) is 1.85. The average Bonchev–Trinajstić information content (AvgIpc) is 2.98. The lowest BCUT2D eigenvalue weighted by Gasteiger charge is -2.17. The minimum Gasteiger partial charge on any atom is -0.496 e. The predicted molar refractivity (Wildman–Crippen MR) is 71.8 cm³/mol. The maximum absolute atomic E-state index is 12.5. The van der Waals surface area contributed by atoms with Gasteiger partial charge in [-0.1, -0.05) is 6.07 Å². The summed E-state index contributed by atoms with van der Waals surface area (Å²) in [5, 5.41) is 17.4. The average molecular weight is 291 g/mol. The number of benzene rings is 1. The molecule has 0 unspecified atom stereocenters. The summed E-state index contributed by atoms with van der Waals surface area (Å²) in [6, 6.07) is 4.23. The van der Waals surface area contributed by atoms with E-state index >= 15 is 0 Å². The number of amides is 1. The van der Waals surface area contributed by atoms with Crippen molar-refractivity contribution < 1.29 is 14.5 Å². The molecule has 1 N–H and O–H groups in total. The van der Waals surface area contributed by atoms with E-state index in [1.807, 2.05) is 0 Å². The third-order valence-electron chi connectivity index (χ3n) is 2.83. The van der Waals surface area contributed by atoms with E-state index in [1.54, 1.807) is 0 Å². The van der Waals surface area contributed by atoms with E-state index in [-0.39, 0.29) is 23.5 Å². The lowest BCUT2D eigenvalue weighted by Crippen LogP contribution is -2.27. The second kappa shape index (κ2) is 5.99. The number of nitrogens with zero attached hydrogens (tertiary/aromatic N) is 4. The van der Waals surface area contributed by atoms with Crippen LogP contribution >= 0.6 is 0 Å². The predicted octanol–water partition coefficient (Wildman–Crippen LogP) is 0.994. The van der Waals surface area contributed by atoms with Crippen molar-refractivity contribution in [3.63, 3.8) is 0 Å². The summed E-state index contributed by atoms with van der Waals surface area (Å²) in [6.45, 7) is 0.147. The van der Waals surface area contributed by atoms with Crippen LogP contribution in [0, 0.1) is 10.1 Å². The van der Waals surface area contributed by atoms with Gasteiger partial charge in [-0.3, -0.25) is 20.0 Å². The lowest BCUT2D eigenvalue weighted by molar-refractivity contribution is -0.385. The molecule has 110 valence electrons. The van der Waals surface area contributed by atoms with E-state index < -0.39 is 10.8 Å². The Morgan fingerprint density at radius 1 is 1.52 bits per heavy atom. The molecule has 9 heteroatoms. The summed E-state index contributed by atoms with van der Waals surface area (Å²) in [5.74, 6) is 0.0950. The highest BCUT2D eigenvalue weighted by atomic mass is 16.6. The van der Waals surface area contributed by atoms with E-state index in [4.69, 9.17) is 4.74 Å². The van der Waals surface area contributed by atoms with Gasteiger partial charge in [0.25, 0.3) is 11.6 Å². The number of nitrogens with one attached hydrogen (secondary N) is 1. The minimum absolute atomic E-state index is 0.0907. The molecular weight excluding hydrogens is 278 g/mol. The number of carbonyl (C=O) groups excluding carboxylic acids is 1. The summed E-state index contributed by atoms with van der Waals surface area (Å²) in [7, 11) is 2.87. The Balaban J connectivity index is 2.35. The van der Waals surface area contributed by atoms with Crippen LogP contribution in [0.3, 0.4) is 0 Å². The van der Waals surface area contributed by atoms with E-state index in [0.717, 1.165) is 0 Å². The molecule has 2 aromatic rings. The molecule has 0 saturated carbocycles. The van der Waals surface area contributed by atoms with Crippen molar-refractivity contribution in [3.8, 4) is 5.75 Å². The highest BCUT2D eigenvalue weighted by molar-refractivity contribution is 6.00. The molecule has 0 radical (unpaired) electrons. The lowest BCUT2D eigenvalue weighted by atomic mass is 10.1. The van der Waals surface area contributed by atoms with Crippen LogP contribution in [-0.4, -0.2) is 45.1 Å². The number of nitro benzene ring substituents is 1. The maximum Gasteiger partial charge on any atom is 0.285 e. The standard InChI is InChI=1S/C12H13N5O4/c1-16(6-10-13-7-14-15-10)12(18)11-8(17(19)20)4-3-5-9(11)21-2/h3-5,7H,6H2,1-2H3,(H,13,14,15). The van der Waals surface area contributed by atoms with E-state index in [1.165, 1.54) is 43.6 Å². The van der Waals surface area contributed by atoms with Gasteiger partial charge in [-0.15, -0.1) is 0 Å². The number of aromatic amines is 1. The van der Waals surface area contributed by atoms with Gasteiger partial charge < -0.3 is 9.64 Å². The van der Waals surface area contributed by atoms with Gasteiger partial charge in [-0.2, -0.15) is 5.10 Å². The summed E-state index contributed by atoms with van der Waals surface area (Å²) in [5.41, 5.74) is -0.393. The highest BCUT2D eigenvalue weighted by Crippen LogP contribution is 2.29. The quantitative estimate of drug-likeness (QED) is 0.649. The molecule has 1 heterocycles. The van der Waals surface area contributed by atoms with Gasteiger partial charge in [-0.05, 0) is 6.07 Å². The molecule has 1 aromatic carbocycles. The normalized spacial score (nSPS) is 10.2. The first-order valence-corrected chi connectivity index (χ1v) is 5.95. The summed E-state index contributed by atoms with van der Waals surface area (Å²) in [4.78, 5) is 28.1. The molecule has 9 nitrogen and oxygen atoms in total. The van der Waals surface area contributed by atoms with Gasteiger partial charge in [0.1, 0.15) is 17.9 Å². The first-order valence-electron chi connectivity index (χ1n) is 5.95. The number of carbonyl (C=O) groups is 1. The van der Waals surface area contributed by atoms with Gasteiger partial charge >= 0.3 is 0 Å². The van der Waals surface area contributed by atoms with Crippen molar-refractivity contribution in [2.75, 3.05) is 14.2 Å². The first-order chi connectivity index (χ1) is 10.0. The van der Waals surface area contributed by atoms with E-state index in [0.29, 0.717) is 5.82 Å².